The number of aryl methyl sites for hydroxylation is 1. The van der Waals surface area contributed by atoms with E-state index in [1.54, 1.807) is 6.08 Å². The second-order valence-electron chi connectivity index (χ2n) is 5.20. The van der Waals surface area contributed by atoms with Crippen molar-refractivity contribution in [3.8, 4) is 0 Å². The topological polar surface area (TPSA) is 71.8 Å². The second-order valence-corrected chi connectivity index (χ2v) is 6.03. The van der Waals surface area contributed by atoms with Crippen molar-refractivity contribution in [3.05, 3.63) is 40.6 Å². The van der Waals surface area contributed by atoms with Gasteiger partial charge in [-0.2, -0.15) is 4.37 Å². The zero-order chi connectivity index (χ0) is 16.1. The third-order valence-corrected chi connectivity index (χ3v) is 4.52. The molecule has 0 aliphatic heterocycles. The van der Waals surface area contributed by atoms with Crippen LogP contribution in [0, 0.1) is 6.92 Å². The van der Waals surface area contributed by atoms with Gasteiger partial charge in [-0.15, -0.1) is 0 Å². The normalized spacial score (nSPS) is 19.5. The van der Waals surface area contributed by atoms with E-state index in [0.717, 1.165) is 10.6 Å². The van der Waals surface area contributed by atoms with E-state index in [1.807, 2.05) is 19.9 Å². The van der Waals surface area contributed by atoms with E-state index in [2.05, 4.69) is 16.1 Å². The summed E-state index contributed by atoms with van der Waals surface area (Å²) in [6.45, 7) is 7.61. The van der Waals surface area contributed by atoms with Crippen LogP contribution >= 0.6 is 11.5 Å². The van der Waals surface area contributed by atoms with E-state index in [9.17, 15) is 9.90 Å². The molecule has 1 aromatic heterocycles. The molecule has 6 heteroatoms. The first-order valence-electron chi connectivity index (χ1n) is 7.25. The zero-order valence-corrected chi connectivity index (χ0v) is 13.7. The molecular formula is C16H20N2O3S. The number of aromatic nitrogens is 1. The molecule has 0 saturated carbocycles. The van der Waals surface area contributed by atoms with Gasteiger partial charge in [0.15, 0.2) is 5.78 Å². The van der Waals surface area contributed by atoms with E-state index in [0.29, 0.717) is 30.5 Å². The van der Waals surface area contributed by atoms with E-state index in [1.165, 1.54) is 11.5 Å². The van der Waals surface area contributed by atoms with Crippen LogP contribution in [0.25, 0.3) is 0 Å². The Morgan fingerprint density at radius 2 is 2.41 bits per heavy atom. The average molecular weight is 320 g/mol. The number of aliphatic hydroxyl groups excluding tert-OH is 1. The number of allylic oxidation sites excluding steroid dienone is 2. The zero-order valence-electron chi connectivity index (χ0n) is 12.8. The van der Waals surface area contributed by atoms with Crippen LogP contribution in [0.3, 0.4) is 0 Å². The number of nitrogens with zero attached hydrogens (tertiary/aromatic N) is 2. The van der Waals surface area contributed by atoms with Crippen molar-refractivity contribution in [3.63, 3.8) is 0 Å². The third-order valence-electron chi connectivity index (χ3n) is 3.48. The summed E-state index contributed by atoms with van der Waals surface area (Å²) in [5.41, 5.74) is 1.74. The quantitative estimate of drug-likeness (QED) is 0.375. The minimum Gasteiger partial charge on any atom is -0.511 e. The molecule has 118 valence electrons. The van der Waals surface area contributed by atoms with Crippen LogP contribution in [0.2, 0.25) is 0 Å². The summed E-state index contributed by atoms with van der Waals surface area (Å²) in [5, 5.41) is 14.3. The molecule has 1 aliphatic rings. The Bertz CT molecular complexity index is 631. The van der Waals surface area contributed by atoms with E-state index in [4.69, 9.17) is 4.84 Å². The molecule has 1 unspecified atom stereocenters. The Morgan fingerprint density at radius 3 is 2.95 bits per heavy atom. The van der Waals surface area contributed by atoms with Gasteiger partial charge in [0.1, 0.15) is 12.4 Å². The second kappa shape index (κ2) is 7.35. The molecule has 0 amide bonds. The Balaban J connectivity index is 2.23. The van der Waals surface area contributed by atoms with Gasteiger partial charge in [0.25, 0.3) is 0 Å². The highest BCUT2D eigenvalue weighted by Gasteiger charge is 2.32. The summed E-state index contributed by atoms with van der Waals surface area (Å²) in [4.78, 5) is 18.5. The lowest BCUT2D eigenvalue weighted by Crippen LogP contribution is -2.23. The predicted octanol–water partition coefficient (Wildman–Crippen LogP) is 3.68. The Hall–Kier alpha value is -1.95. The summed E-state index contributed by atoms with van der Waals surface area (Å²) in [6.07, 6.45) is 2.90. The molecule has 0 spiro atoms. The number of Topliss-reactive ketones (excluding diaryl/α,β-unsaturated/α-hetero) is 1. The summed E-state index contributed by atoms with van der Waals surface area (Å²) < 4.78 is 4.24. The molecule has 0 bridgehead atoms. The molecule has 1 heterocycles. The van der Waals surface area contributed by atoms with Crippen molar-refractivity contribution in [2.45, 2.75) is 39.0 Å². The van der Waals surface area contributed by atoms with Crippen LogP contribution in [0.4, 0.5) is 0 Å². The molecule has 0 aromatic carbocycles. The van der Waals surface area contributed by atoms with Gasteiger partial charge in [-0.1, -0.05) is 24.7 Å². The molecule has 0 saturated heterocycles. The van der Waals surface area contributed by atoms with Crippen LogP contribution in [-0.4, -0.2) is 27.6 Å². The highest BCUT2D eigenvalue weighted by Crippen LogP contribution is 2.36. The SMILES string of the molecule is C=CCO/N=C(/CC)C1=C(O)CC(c2cc(C)ns2)CC1=O. The van der Waals surface area contributed by atoms with Gasteiger partial charge >= 0.3 is 0 Å². The number of aliphatic hydroxyl groups is 1. The Labute approximate surface area is 134 Å². The van der Waals surface area contributed by atoms with Gasteiger partial charge in [0.2, 0.25) is 0 Å². The fraction of sp³-hybridized carbons (Fsp3) is 0.438. The van der Waals surface area contributed by atoms with Gasteiger partial charge in [-0.05, 0) is 30.9 Å². The van der Waals surface area contributed by atoms with E-state index < -0.39 is 0 Å². The fourth-order valence-electron chi connectivity index (χ4n) is 2.45. The van der Waals surface area contributed by atoms with E-state index in [-0.39, 0.29) is 24.1 Å². The smallest absolute Gasteiger partial charge is 0.168 e. The van der Waals surface area contributed by atoms with Crippen LogP contribution in [0.15, 0.2) is 35.2 Å². The van der Waals surface area contributed by atoms with Crippen LogP contribution in [0.5, 0.6) is 0 Å². The standard InChI is InChI=1S/C16H20N2O3S/c1-4-6-21-17-12(5-2)16-13(19)8-11(9-14(16)20)15-7-10(3)18-22-15/h4,7,11,19H,1,5-6,8-9H2,2-3H3/b17-12-. The lowest BCUT2D eigenvalue weighted by Gasteiger charge is -2.22. The monoisotopic (exact) mass is 320 g/mol. The van der Waals surface area contributed by atoms with Crippen molar-refractivity contribution < 1.29 is 14.7 Å². The van der Waals surface area contributed by atoms with Crippen molar-refractivity contribution in [1.82, 2.24) is 4.37 Å². The van der Waals surface area contributed by atoms with Gasteiger partial charge in [0.05, 0.1) is 17.0 Å². The molecule has 22 heavy (non-hydrogen) atoms. The van der Waals surface area contributed by atoms with Crippen LogP contribution in [0.1, 0.15) is 42.7 Å². The molecule has 0 fully saturated rings. The van der Waals surface area contributed by atoms with E-state index >= 15 is 0 Å². The van der Waals surface area contributed by atoms with Crippen molar-refractivity contribution in [1.29, 1.82) is 0 Å². The van der Waals surface area contributed by atoms with Crippen molar-refractivity contribution in [2.75, 3.05) is 6.61 Å². The molecule has 5 nitrogen and oxygen atoms in total. The minimum absolute atomic E-state index is 0.00495. The predicted molar refractivity (Wildman–Crippen MR) is 87.4 cm³/mol. The number of carbonyl (C=O) groups excluding carboxylic acids is 1. The average Bonchev–Trinajstić information content (AvgIpc) is 2.91. The van der Waals surface area contributed by atoms with Gasteiger partial charge < -0.3 is 9.94 Å². The number of ketones is 1. The number of hydrogen-bond donors (Lipinski definition) is 1. The largest absolute Gasteiger partial charge is 0.511 e. The first kappa shape index (κ1) is 16.4. The number of oxime groups is 1. The summed E-state index contributed by atoms with van der Waals surface area (Å²) in [6, 6.07) is 1.98. The molecular weight excluding hydrogens is 300 g/mol. The number of hydrogen-bond acceptors (Lipinski definition) is 6. The van der Waals surface area contributed by atoms with Crippen LogP contribution in [-0.2, 0) is 9.63 Å². The maximum absolute atomic E-state index is 12.4. The first-order valence-corrected chi connectivity index (χ1v) is 8.02. The lowest BCUT2D eigenvalue weighted by atomic mass is 9.84. The molecule has 1 aromatic rings. The summed E-state index contributed by atoms with van der Waals surface area (Å²) in [5.74, 6) is -0.00707. The maximum Gasteiger partial charge on any atom is 0.168 e. The summed E-state index contributed by atoms with van der Waals surface area (Å²) >= 11 is 1.39. The Morgan fingerprint density at radius 1 is 1.64 bits per heavy atom. The van der Waals surface area contributed by atoms with Crippen LogP contribution < -0.4 is 0 Å². The highest BCUT2D eigenvalue weighted by molar-refractivity contribution is 7.05. The maximum atomic E-state index is 12.4. The molecule has 1 N–H and O–H groups in total. The lowest BCUT2D eigenvalue weighted by molar-refractivity contribution is -0.116. The molecule has 1 atom stereocenters. The first-order chi connectivity index (χ1) is 10.6. The number of carbonyl (C=O) groups is 1. The third kappa shape index (κ3) is 3.62. The molecule has 2 rings (SSSR count). The molecule has 1 aliphatic carbocycles. The van der Waals surface area contributed by atoms with Crippen molar-refractivity contribution in [2.24, 2.45) is 5.16 Å². The van der Waals surface area contributed by atoms with Gasteiger partial charge in [-0.25, -0.2) is 0 Å². The highest BCUT2D eigenvalue weighted by atomic mass is 32.1. The fourth-order valence-corrected chi connectivity index (χ4v) is 3.29. The van der Waals surface area contributed by atoms with Gasteiger partial charge in [-0.3, -0.25) is 4.79 Å². The Kier molecular flexibility index (Phi) is 5.49. The van der Waals surface area contributed by atoms with Gasteiger partial charge in [0, 0.05) is 23.6 Å². The molecule has 0 radical (unpaired) electrons. The number of rotatable bonds is 6. The minimum atomic E-state index is -0.0948. The summed E-state index contributed by atoms with van der Waals surface area (Å²) in [7, 11) is 0. The van der Waals surface area contributed by atoms with Crippen molar-refractivity contribution >= 4 is 23.0 Å².